The quantitative estimate of drug-likeness (QED) is 0.175. The van der Waals surface area contributed by atoms with Crippen molar-refractivity contribution in [1.29, 1.82) is 0 Å². The van der Waals surface area contributed by atoms with Crippen molar-refractivity contribution >= 4 is 25.6 Å². The second kappa shape index (κ2) is 10.8. The molecule has 1 fully saturated rings. The van der Waals surface area contributed by atoms with Gasteiger partial charge in [0.05, 0.1) is 17.5 Å². The molecule has 0 spiro atoms. The average Bonchev–Trinajstić information content (AvgIpc) is 3.69. The van der Waals surface area contributed by atoms with E-state index in [-0.39, 0.29) is 24.7 Å². The number of halogens is 1. The highest BCUT2D eigenvalue weighted by molar-refractivity contribution is 6.76. The number of anilines is 1. The van der Waals surface area contributed by atoms with Crippen LogP contribution in [0, 0.1) is 5.82 Å². The molecule has 5 heterocycles. The molecule has 1 saturated heterocycles. The molecule has 0 radical (unpaired) electrons. The normalized spacial score (nSPS) is 15.6. The number of ether oxygens (including phenoxy) is 2. The van der Waals surface area contributed by atoms with E-state index in [4.69, 9.17) is 14.5 Å². The number of aromatic nitrogens is 7. The van der Waals surface area contributed by atoms with Crippen molar-refractivity contribution in [3.63, 3.8) is 0 Å². The lowest BCUT2D eigenvalue weighted by atomic mass is 10.1. The number of benzene rings is 1. The maximum Gasteiger partial charge on any atom is 0.416 e. The van der Waals surface area contributed by atoms with E-state index in [1.807, 2.05) is 18.2 Å². The molecule has 4 aromatic heterocycles. The molecule has 13 heteroatoms. The van der Waals surface area contributed by atoms with Gasteiger partial charge in [-0.25, -0.2) is 33.3 Å². The van der Waals surface area contributed by atoms with Crippen LogP contribution in [0.25, 0.3) is 28.2 Å². The number of carbonyl (C=O) groups is 1. The van der Waals surface area contributed by atoms with Gasteiger partial charge in [0, 0.05) is 32.6 Å². The van der Waals surface area contributed by atoms with Crippen LogP contribution in [0.1, 0.15) is 11.7 Å². The SMILES string of the molecule is C[Si](C)(C)CCOCn1cnc(-c2ccc(-c3cnn4ccc(N5C(=O)OCC5c5ccccn5)nc34)cc2F)n1. The third kappa shape index (κ3) is 5.58. The first-order valence-corrected chi connectivity index (χ1v) is 17.0. The van der Waals surface area contributed by atoms with Gasteiger partial charge < -0.3 is 9.47 Å². The summed E-state index contributed by atoms with van der Waals surface area (Å²) in [6, 6.07) is 12.7. The summed E-state index contributed by atoms with van der Waals surface area (Å²) >= 11 is 0. The summed E-state index contributed by atoms with van der Waals surface area (Å²) in [7, 11) is -1.18. The van der Waals surface area contributed by atoms with Gasteiger partial charge >= 0.3 is 6.09 Å². The lowest BCUT2D eigenvalue weighted by Crippen LogP contribution is -2.28. The zero-order valence-electron chi connectivity index (χ0n) is 22.9. The van der Waals surface area contributed by atoms with E-state index in [2.05, 4.69) is 39.8 Å². The van der Waals surface area contributed by atoms with Gasteiger partial charge in [-0.05, 0) is 41.9 Å². The number of cyclic esters (lactones) is 1. The first kappa shape index (κ1) is 26.7. The fraction of sp³-hybridized carbons (Fsp3) is 0.286. The Morgan fingerprint density at radius 2 is 2.00 bits per heavy atom. The summed E-state index contributed by atoms with van der Waals surface area (Å²) in [4.78, 5) is 27.5. The van der Waals surface area contributed by atoms with Crippen LogP contribution in [-0.4, -0.2) is 61.7 Å². The summed E-state index contributed by atoms with van der Waals surface area (Å²) in [5.41, 5.74) is 2.61. The highest BCUT2D eigenvalue weighted by Gasteiger charge is 2.37. The van der Waals surface area contributed by atoms with Crippen LogP contribution in [0.2, 0.25) is 25.7 Å². The number of hydrogen-bond acceptors (Lipinski definition) is 8. The first-order valence-electron chi connectivity index (χ1n) is 13.3. The smallest absolute Gasteiger partial charge is 0.416 e. The Balaban J connectivity index is 1.24. The predicted octanol–water partition coefficient (Wildman–Crippen LogP) is 5.20. The number of carbonyl (C=O) groups excluding carboxylic acids is 1. The zero-order valence-corrected chi connectivity index (χ0v) is 23.9. The third-order valence-corrected chi connectivity index (χ3v) is 8.49. The third-order valence-electron chi connectivity index (χ3n) is 6.78. The second-order valence-electron chi connectivity index (χ2n) is 11.0. The molecule has 41 heavy (non-hydrogen) atoms. The Kier molecular flexibility index (Phi) is 7.05. The summed E-state index contributed by atoms with van der Waals surface area (Å²) in [5.74, 6) is 0.182. The molecular weight excluding hydrogens is 543 g/mol. The molecular formula is C28H29FN8O3Si. The highest BCUT2D eigenvalue weighted by Crippen LogP contribution is 2.33. The van der Waals surface area contributed by atoms with Crippen molar-refractivity contribution in [2.45, 2.75) is 38.5 Å². The van der Waals surface area contributed by atoms with E-state index < -0.39 is 26.0 Å². The van der Waals surface area contributed by atoms with Crippen LogP contribution in [0.4, 0.5) is 15.0 Å². The summed E-state index contributed by atoms with van der Waals surface area (Å²) in [5, 5.41) is 8.75. The average molecular weight is 573 g/mol. The predicted molar refractivity (Wildman–Crippen MR) is 152 cm³/mol. The summed E-state index contributed by atoms with van der Waals surface area (Å²) < 4.78 is 29.5. The second-order valence-corrected chi connectivity index (χ2v) is 16.6. The molecule has 0 aliphatic carbocycles. The van der Waals surface area contributed by atoms with E-state index in [1.165, 1.54) is 17.3 Å². The molecule has 5 aromatic rings. The lowest BCUT2D eigenvalue weighted by molar-refractivity contribution is 0.0784. The van der Waals surface area contributed by atoms with E-state index in [9.17, 15) is 4.79 Å². The van der Waals surface area contributed by atoms with Crippen LogP contribution < -0.4 is 4.90 Å². The molecule has 1 aromatic carbocycles. The molecule has 1 aliphatic heterocycles. The molecule has 1 amide bonds. The number of fused-ring (bicyclic) bond motifs is 1. The van der Waals surface area contributed by atoms with Crippen LogP contribution in [0.5, 0.6) is 0 Å². The Hall–Kier alpha value is -4.49. The number of hydrogen-bond donors (Lipinski definition) is 0. The van der Waals surface area contributed by atoms with E-state index in [1.54, 1.807) is 46.0 Å². The lowest BCUT2D eigenvalue weighted by Gasteiger charge is -2.20. The van der Waals surface area contributed by atoms with Crippen LogP contribution >= 0.6 is 0 Å². The van der Waals surface area contributed by atoms with Crippen molar-refractivity contribution in [1.82, 2.24) is 34.3 Å². The topological polar surface area (TPSA) is 113 Å². The Labute approximate surface area is 236 Å². The molecule has 1 atom stereocenters. The number of amides is 1. The van der Waals surface area contributed by atoms with Gasteiger partial charge in [-0.3, -0.25) is 4.98 Å². The Morgan fingerprint density at radius 3 is 2.78 bits per heavy atom. The molecule has 6 rings (SSSR count). The van der Waals surface area contributed by atoms with Gasteiger partial charge in [0.2, 0.25) is 0 Å². The number of pyridine rings is 1. The Bertz CT molecular complexity index is 1700. The van der Waals surface area contributed by atoms with E-state index in [0.29, 0.717) is 34.9 Å². The van der Waals surface area contributed by atoms with Gasteiger partial charge in [0.25, 0.3) is 0 Å². The van der Waals surface area contributed by atoms with Gasteiger partial charge in [0.15, 0.2) is 11.5 Å². The number of rotatable bonds is 9. The minimum atomic E-state index is -1.18. The van der Waals surface area contributed by atoms with Crippen LogP contribution in [-0.2, 0) is 16.2 Å². The van der Waals surface area contributed by atoms with Crippen molar-refractivity contribution in [3.8, 4) is 22.5 Å². The van der Waals surface area contributed by atoms with Crippen molar-refractivity contribution < 1.29 is 18.7 Å². The fourth-order valence-electron chi connectivity index (χ4n) is 4.54. The maximum atomic E-state index is 15.4. The van der Waals surface area contributed by atoms with Crippen molar-refractivity contribution in [2.75, 3.05) is 18.1 Å². The van der Waals surface area contributed by atoms with E-state index in [0.717, 1.165) is 6.04 Å². The molecule has 11 nitrogen and oxygen atoms in total. The standard InChI is InChI=1S/C28H29FN8O3Si/c1-41(2,3)13-12-39-18-35-17-31-26(34-35)20-8-7-19(14-22(20)29)21-15-32-36-11-9-25(33-27(21)36)37-24(16-40-28(37)38)23-6-4-5-10-30-23/h4-11,14-15,17,24H,12-13,16,18H2,1-3H3. The molecule has 0 N–H and O–H groups in total. The number of nitrogens with zero attached hydrogens (tertiary/aromatic N) is 8. The highest BCUT2D eigenvalue weighted by atomic mass is 28.3. The minimum absolute atomic E-state index is 0.163. The van der Waals surface area contributed by atoms with Crippen LogP contribution in [0.3, 0.4) is 0 Å². The van der Waals surface area contributed by atoms with Crippen molar-refractivity contribution in [3.05, 3.63) is 78.9 Å². The monoisotopic (exact) mass is 572 g/mol. The fourth-order valence-corrected chi connectivity index (χ4v) is 5.30. The largest absolute Gasteiger partial charge is 0.446 e. The zero-order chi connectivity index (χ0) is 28.6. The summed E-state index contributed by atoms with van der Waals surface area (Å²) in [6.07, 6.45) is 6.01. The van der Waals surface area contributed by atoms with Crippen molar-refractivity contribution in [2.24, 2.45) is 0 Å². The molecule has 0 saturated carbocycles. The molecule has 0 bridgehead atoms. The summed E-state index contributed by atoms with van der Waals surface area (Å²) in [6.45, 7) is 7.96. The van der Waals surface area contributed by atoms with Gasteiger partial charge in [-0.1, -0.05) is 31.8 Å². The van der Waals surface area contributed by atoms with Gasteiger partial charge in [-0.2, -0.15) is 5.10 Å². The molecule has 1 unspecified atom stereocenters. The molecule has 210 valence electrons. The van der Waals surface area contributed by atoms with Gasteiger partial charge in [-0.15, -0.1) is 5.10 Å². The Morgan fingerprint density at radius 1 is 1.12 bits per heavy atom. The minimum Gasteiger partial charge on any atom is -0.446 e. The maximum absolute atomic E-state index is 15.4. The van der Waals surface area contributed by atoms with E-state index >= 15 is 4.39 Å². The van der Waals surface area contributed by atoms with Crippen LogP contribution in [0.15, 0.2) is 67.4 Å². The van der Waals surface area contributed by atoms with Gasteiger partial charge in [0.1, 0.15) is 37.3 Å². The molecule has 1 aliphatic rings. The first-order chi connectivity index (χ1) is 19.8.